The summed E-state index contributed by atoms with van der Waals surface area (Å²) >= 11 is 0. The SMILES string of the molecule is CCNC(=O)NC[C@H]1C[C@@H]2CCN1C[C@@H]2c1cc(-c2ccccc2)nc(C)n1. The summed E-state index contributed by atoms with van der Waals surface area (Å²) in [5.41, 5.74) is 3.31. The van der Waals surface area contributed by atoms with E-state index in [-0.39, 0.29) is 6.03 Å². The van der Waals surface area contributed by atoms with Crippen molar-refractivity contribution >= 4 is 6.03 Å². The smallest absolute Gasteiger partial charge is 0.314 e. The van der Waals surface area contributed by atoms with Gasteiger partial charge in [0.2, 0.25) is 0 Å². The molecule has 2 bridgehead atoms. The number of nitrogens with one attached hydrogen (secondary N) is 2. The summed E-state index contributed by atoms with van der Waals surface area (Å²) in [7, 11) is 0. The number of amides is 2. The van der Waals surface area contributed by atoms with Crippen LogP contribution in [0.5, 0.6) is 0 Å². The van der Waals surface area contributed by atoms with Crippen LogP contribution < -0.4 is 10.6 Å². The monoisotopic (exact) mass is 379 g/mol. The molecule has 28 heavy (non-hydrogen) atoms. The number of rotatable bonds is 5. The van der Waals surface area contributed by atoms with Gasteiger partial charge in [-0.1, -0.05) is 30.3 Å². The fourth-order valence-electron chi connectivity index (χ4n) is 4.66. The van der Waals surface area contributed by atoms with Crippen molar-refractivity contribution in [3.63, 3.8) is 0 Å². The average molecular weight is 380 g/mol. The molecule has 3 aliphatic heterocycles. The number of fused-ring (bicyclic) bond motifs is 3. The van der Waals surface area contributed by atoms with Gasteiger partial charge >= 0.3 is 6.03 Å². The minimum absolute atomic E-state index is 0.0689. The van der Waals surface area contributed by atoms with Crippen LogP contribution in [0.3, 0.4) is 0 Å². The van der Waals surface area contributed by atoms with Gasteiger partial charge in [-0.05, 0) is 45.2 Å². The fraction of sp³-hybridized carbons (Fsp3) is 0.500. The summed E-state index contributed by atoms with van der Waals surface area (Å²) in [5.74, 6) is 1.89. The Morgan fingerprint density at radius 3 is 2.75 bits per heavy atom. The van der Waals surface area contributed by atoms with E-state index in [1.807, 2.05) is 32.0 Å². The van der Waals surface area contributed by atoms with E-state index in [1.54, 1.807) is 0 Å². The van der Waals surface area contributed by atoms with Gasteiger partial charge in [0.05, 0.1) is 5.69 Å². The molecule has 2 aromatic rings. The molecule has 4 heterocycles. The third-order valence-corrected chi connectivity index (χ3v) is 6.02. The van der Waals surface area contributed by atoms with Gasteiger partial charge < -0.3 is 10.6 Å². The maximum atomic E-state index is 11.7. The Balaban J connectivity index is 1.48. The summed E-state index contributed by atoms with van der Waals surface area (Å²) < 4.78 is 0. The molecule has 6 nitrogen and oxygen atoms in total. The molecule has 1 aromatic heterocycles. The highest BCUT2D eigenvalue weighted by Gasteiger charge is 2.41. The van der Waals surface area contributed by atoms with E-state index in [9.17, 15) is 4.79 Å². The van der Waals surface area contributed by atoms with E-state index in [1.165, 1.54) is 6.42 Å². The molecule has 6 heteroatoms. The molecule has 0 saturated carbocycles. The van der Waals surface area contributed by atoms with Gasteiger partial charge in [0.1, 0.15) is 5.82 Å². The number of carbonyl (C=O) groups is 1. The fourth-order valence-corrected chi connectivity index (χ4v) is 4.66. The topological polar surface area (TPSA) is 70.2 Å². The van der Waals surface area contributed by atoms with Crippen molar-refractivity contribution in [2.24, 2.45) is 5.92 Å². The molecule has 0 radical (unpaired) electrons. The third-order valence-electron chi connectivity index (χ3n) is 6.02. The second-order valence-corrected chi connectivity index (χ2v) is 7.87. The number of aromatic nitrogens is 2. The molecule has 0 spiro atoms. The van der Waals surface area contributed by atoms with Gasteiger partial charge in [0.25, 0.3) is 0 Å². The first kappa shape index (κ1) is 18.9. The van der Waals surface area contributed by atoms with E-state index < -0.39 is 0 Å². The maximum absolute atomic E-state index is 11.7. The third kappa shape index (κ3) is 4.02. The second-order valence-electron chi connectivity index (χ2n) is 7.87. The lowest BCUT2D eigenvalue weighted by molar-refractivity contribution is 0.0305. The van der Waals surface area contributed by atoms with Crippen LogP contribution in [-0.4, -0.2) is 53.1 Å². The van der Waals surface area contributed by atoms with E-state index in [2.05, 4.69) is 38.7 Å². The zero-order valence-electron chi connectivity index (χ0n) is 16.7. The van der Waals surface area contributed by atoms with Crippen molar-refractivity contribution in [3.05, 3.63) is 47.9 Å². The summed E-state index contributed by atoms with van der Waals surface area (Å²) in [6.45, 7) is 7.41. The number of nitrogens with zero attached hydrogens (tertiary/aromatic N) is 3. The van der Waals surface area contributed by atoms with Crippen LogP contribution in [0.1, 0.15) is 37.2 Å². The maximum Gasteiger partial charge on any atom is 0.314 e. The van der Waals surface area contributed by atoms with Crippen molar-refractivity contribution in [2.45, 2.75) is 38.6 Å². The lowest BCUT2D eigenvalue weighted by atomic mass is 9.74. The molecule has 5 rings (SSSR count). The highest BCUT2D eigenvalue weighted by atomic mass is 16.2. The number of aryl methyl sites for hydroxylation is 1. The Morgan fingerprint density at radius 2 is 2.04 bits per heavy atom. The molecule has 2 amide bonds. The zero-order chi connectivity index (χ0) is 19.5. The average Bonchev–Trinajstić information content (AvgIpc) is 2.73. The molecule has 1 unspecified atom stereocenters. The molecule has 3 saturated heterocycles. The Morgan fingerprint density at radius 1 is 1.21 bits per heavy atom. The Kier molecular flexibility index (Phi) is 5.57. The predicted octanol–water partition coefficient (Wildman–Crippen LogP) is 2.95. The van der Waals surface area contributed by atoms with E-state index in [0.717, 1.165) is 42.3 Å². The van der Waals surface area contributed by atoms with Crippen LogP contribution in [-0.2, 0) is 0 Å². The zero-order valence-corrected chi connectivity index (χ0v) is 16.7. The van der Waals surface area contributed by atoms with Crippen molar-refractivity contribution in [3.8, 4) is 11.3 Å². The lowest BCUT2D eigenvalue weighted by Crippen LogP contribution is -2.56. The van der Waals surface area contributed by atoms with Crippen LogP contribution in [0.15, 0.2) is 36.4 Å². The normalized spacial score (nSPS) is 26.1. The highest BCUT2D eigenvalue weighted by molar-refractivity contribution is 5.73. The van der Waals surface area contributed by atoms with E-state index in [0.29, 0.717) is 31.0 Å². The summed E-state index contributed by atoms with van der Waals surface area (Å²) in [6.07, 6.45) is 2.31. The van der Waals surface area contributed by atoms with Gasteiger partial charge in [-0.25, -0.2) is 14.8 Å². The molecule has 0 aliphatic carbocycles. The lowest BCUT2D eigenvalue weighted by Gasteiger charge is -2.49. The summed E-state index contributed by atoms with van der Waals surface area (Å²) in [4.78, 5) is 23.7. The molecule has 2 N–H and O–H groups in total. The van der Waals surface area contributed by atoms with Gasteiger partial charge in [-0.3, -0.25) is 4.90 Å². The Hall–Kier alpha value is -2.47. The van der Waals surface area contributed by atoms with Crippen molar-refractivity contribution in [2.75, 3.05) is 26.2 Å². The first-order valence-electron chi connectivity index (χ1n) is 10.3. The quantitative estimate of drug-likeness (QED) is 0.838. The first-order valence-corrected chi connectivity index (χ1v) is 10.3. The Labute approximate surface area is 166 Å². The first-order chi connectivity index (χ1) is 13.6. The highest BCUT2D eigenvalue weighted by Crippen LogP contribution is 2.41. The number of benzene rings is 1. The largest absolute Gasteiger partial charge is 0.338 e. The molecule has 1 aromatic carbocycles. The van der Waals surface area contributed by atoms with Crippen molar-refractivity contribution in [1.82, 2.24) is 25.5 Å². The van der Waals surface area contributed by atoms with Crippen LogP contribution in [0.2, 0.25) is 0 Å². The Bertz CT molecular complexity index is 825. The minimum Gasteiger partial charge on any atom is -0.338 e. The van der Waals surface area contributed by atoms with Crippen LogP contribution in [0.4, 0.5) is 4.79 Å². The number of piperidine rings is 3. The van der Waals surface area contributed by atoms with Crippen LogP contribution >= 0.6 is 0 Å². The number of urea groups is 1. The van der Waals surface area contributed by atoms with E-state index >= 15 is 0 Å². The number of hydrogen-bond acceptors (Lipinski definition) is 4. The molecular formula is C22H29N5O. The van der Waals surface area contributed by atoms with Crippen LogP contribution in [0, 0.1) is 12.8 Å². The molecule has 3 aliphatic rings. The molecule has 3 fully saturated rings. The summed E-state index contributed by atoms with van der Waals surface area (Å²) in [5, 5.41) is 5.82. The molecule has 148 valence electrons. The molecular weight excluding hydrogens is 350 g/mol. The van der Waals surface area contributed by atoms with Crippen LogP contribution in [0.25, 0.3) is 11.3 Å². The number of hydrogen-bond donors (Lipinski definition) is 2. The van der Waals surface area contributed by atoms with Crippen molar-refractivity contribution < 1.29 is 4.79 Å². The van der Waals surface area contributed by atoms with Gasteiger partial charge in [0, 0.05) is 42.9 Å². The van der Waals surface area contributed by atoms with Crippen molar-refractivity contribution in [1.29, 1.82) is 0 Å². The van der Waals surface area contributed by atoms with E-state index in [4.69, 9.17) is 4.98 Å². The molecule has 4 atom stereocenters. The number of carbonyl (C=O) groups excluding carboxylic acids is 1. The standard InChI is InChI=1S/C22H29N5O/c1-3-23-22(28)24-13-18-11-17-9-10-27(18)14-19(17)21-12-20(25-15(2)26-21)16-7-5-4-6-8-16/h4-8,12,17-19H,3,9-11,13-14H2,1-2H3,(H2,23,24,28)/t17-,18+,19-/m0/s1. The second kappa shape index (κ2) is 8.27. The predicted molar refractivity (Wildman–Crippen MR) is 110 cm³/mol. The van der Waals surface area contributed by atoms with Gasteiger partial charge in [0.15, 0.2) is 0 Å². The summed E-state index contributed by atoms with van der Waals surface area (Å²) in [6, 6.07) is 12.9. The van der Waals surface area contributed by atoms with Gasteiger partial charge in [-0.15, -0.1) is 0 Å². The van der Waals surface area contributed by atoms with Gasteiger partial charge in [-0.2, -0.15) is 0 Å². The minimum atomic E-state index is -0.0689.